The molecular weight excluding hydrogens is 365 g/mol. The van der Waals surface area contributed by atoms with Gasteiger partial charge in [0.1, 0.15) is 0 Å². The molecule has 26 heavy (non-hydrogen) atoms. The van der Waals surface area contributed by atoms with Crippen LogP contribution in [-0.2, 0) is 29.2 Å². The van der Waals surface area contributed by atoms with Gasteiger partial charge in [0, 0.05) is 12.6 Å². The van der Waals surface area contributed by atoms with Crippen molar-refractivity contribution in [3.05, 3.63) is 64.7 Å². The van der Waals surface area contributed by atoms with Crippen molar-refractivity contribution in [2.24, 2.45) is 0 Å². The molecule has 0 spiro atoms. The highest BCUT2D eigenvalue weighted by atomic mass is 32.2. The van der Waals surface area contributed by atoms with Gasteiger partial charge < -0.3 is 5.32 Å². The first-order chi connectivity index (χ1) is 12.2. The molecule has 3 rings (SSSR count). The number of fused-ring (bicyclic) bond motifs is 1. The summed E-state index contributed by atoms with van der Waals surface area (Å²) in [6.45, 7) is 3.08. The predicted molar refractivity (Wildman–Crippen MR) is 92.0 cm³/mol. The molecule has 2 N–H and O–H groups in total. The molecule has 0 aliphatic carbocycles. The van der Waals surface area contributed by atoms with Gasteiger partial charge in [-0.3, -0.25) is 0 Å². The highest BCUT2D eigenvalue weighted by Crippen LogP contribution is 2.30. The quantitative estimate of drug-likeness (QED) is 0.850. The average molecular weight is 384 g/mol. The molecular formula is C18H19F3N2O2S. The van der Waals surface area contributed by atoms with Gasteiger partial charge in [0.25, 0.3) is 0 Å². The summed E-state index contributed by atoms with van der Waals surface area (Å²) in [6, 6.07) is 8.83. The van der Waals surface area contributed by atoms with Gasteiger partial charge >= 0.3 is 6.18 Å². The number of rotatable bonds is 4. The zero-order valence-electron chi connectivity index (χ0n) is 14.1. The van der Waals surface area contributed by atoms with Crippen LogP contribution >= 0.6 is 0 Å². The van der Waals surface area contributed by atoms with Crippen molar-refractivity contribution in [2.75, 3.05) is 6.54 Å². The Balaban J connectivity index is 1.78. The average Bonchev–Trinajstić information content (AvgIpc) is 2.60. The molecule has 1 heterocycles. The lowest BCUT2D eigenvalue weighted by Crippen LogP contribution is -2.28. The van der Waals surface area contributed by atoms with E-state index in [1.165, 1.54) is 12.1 Å². The third kappa shape index (κ3) is 4.08. The lowest BCUT2D eigenvalue weighted by atomic mass is 10.0. The monoisotopic (exact) mass is 384 g/mol. The van der Waals surface area contributed by atoms with Gasteiger partial charge in [0.15, 0.2) is 0 Å². The van der Waals surface area contributed by atoms with E-state index in [1.54, 1.807) is 19.1 Å². The summed E-state index contributed by atoms with van der Waals surface area (Å²) < 4.78 is 65.7. The fourth-order valence-corrected chi connectivity index (χ4v) is 4.24. The highest BCUT2D eigenvalue weighted by Gasteiger charge is 2.30. The summed E-state index contributed by atoms with van der Waals surface area (Å²) in [7, 11) is -3.78. The maximum Gasteiger partial charge on any atom is 0.416 e. The molecule has 2 aromatic rings. The molecule has 0 bridgehead atoms. The van der Waals surface area contributed by atoms with Gasteiger partial charge in [-0.1, -0.05) is 18.2 Å². The van der Waals surface area contributed by atoms with Crippen LogP contribution in [0.2, 0.25) is 0 Å². The van der Waals surface area contributed by atoms with Gasteiger partial charge in [-0.15, -0.1) is 0 Å². The summed E-state index contributed by atoms with van der Waals surface area (Å²) in [5.41, 5.74) is 1.76. The number of sulfonamides is 1. The molecule has 0 saturated heterocycles. The van der Waals surface area contributed by atoms with Gasteiger partial charge in [0.2, 0.25) is 10.0 Å². The molecule has 0 saturated carbocycles. The summed E-state index contributed by atoms with van der Waals surface area (Å²) in [5.74, 6) is 0. The summed E-state index contributed by atoms with van der Waals surface area (Å²) in [4.78, 5) is 0.152. The minimum Gasteiger partial charge on any atom is -0.312 e. The number of benzene rings is 2. The second kappa shape index (κ2) is 7.02. The Morgan fingerprint density at radius 1 is 1.08 bits per heavy atom. The molecule has 1 aliphatic rings. The predicted octanol–water partition coefficient (Wildman–Crippen LogP) is 3.39. The van der Waals surface area contributed by atoms with Crippen molar-refractivity contribution in [1.82, 2.24) is 10.0 Å². The summed E-state index contributed by atoms with van der Waals surface area (Å²) in [6.07, 6.45) is -3.57. The molecule has 1 aliphatic heterocycles. The Hall–Kier alpha value is -1.90. The Morgan fingerprint density at radius 2 is 1.77 bits per heavy atom. The molecule has 2 aromatic carbocycles. The fourth-order valence-electron chi connectivity index (χ4n) is 2.95. The molecule has 0 radical (unpaired) electrons. The minimum absolute atomic E-state index is 0.152. The summed E-state index contributed by atoms with van der Waals surface area (Å²) >= 11 is 0. The topological polar surface area (TPSA) is 58.2 Å². The Morgan fingerprint density at radius 3 is 2.42 bits per heavy atom. The Bertz CT molecular complexity index is 894. The van der Waals surface area contributed by atoms with Crippen molar-refractivity contribution >= 4 is 10.0 Å². The van der Waals surface area contributed by atoms with E-state index in [0.717, 1.165) is 36.2 Å². The molecule has 0 aromatic heterocycles. The smallest absolute Gasteiger partial charge is 0.312 e. The van der Waals surface area contributed by atoms with Crippen LogP contribution in [0.4, 0.5) is 13.2 Å². The minimum atomic E-state index is -4.42. The van der Waals surface area contributed by atoms with Crippen molar-refractivity contribution < 1.29 is 21.6 Å². The first-order valence-electron chi connectivity index (χ1n) is 8.19. The van der Waals surface area contributed by atoms with E-state index in [9.17, 15) is 21.6 Å². The second-order valence-electron chi connectivity index (χ2n) is 6.32. The number of alkyl halides is 3. The molecule has 0 fully saturated rings. The number of hydrogen-bond donors (Lipinski definition) is 2. The molecule has 140 valence electrons. The first-order valence-corrected chi connectivity index (χ1v) is 9.67. The lowest BCUT2D eigenvalue weighted by molar-refractivity contribution is -0.137. The van der Waals surface area contributed by atoms with Gasteiger partial charge in [-0.25, -0.2) is 13.1 Å². The molecule has 8 heteroatoms. The maximum atomic E-state index is 12.6. The van der Waals surface area contributed by atoms with E-state index >= 15 is 0 Å². The van der Waals surface area contributed by atoms with Crippen LogP contribution in [0.3, 0.4) is 0 Å². The second-order valence-corrected chi connectivity index (χ2v) is 8.03. The zero-order chi connectivity index (χ0) is 18.9. The van der Waals surface area contributed by atoms with Gasteiger partial charge in [-0.05, 0) is 60.8 Å². The van der Waals surface area contributed by atoms with E-state index in [1.807, 2.05) is 6.07 Å². The van der Waals surface area contributed by atoms with Crippen molar-refractivity contribution in [3.63, 3.8) is 0 Å². The van der Waals surface area contributed by atoms with E-state index < -0.39 is 27.8 Å². The Labute approximate surface area is 150 Å². The van der Waals surface area contributed by atoms with Crippen molar-refractivity contribution in [3.8, 4) is 0 Å². The number of halogens is 3. The van der Waals surface area contributed by atoms with Crippen LogP contribution in [-0.4, -0.2) is 15.0 Å². The van der Waals surface area contributed by atoms with E-state index in [0.29, 0.717) is 12.1 Å². The van der Waals surface area contributed by atoms with Crippen LogP contribution in [0.5, 0.6) is 0 Å². The Kier molecular flexibility index (Phi) is 5.09. The SMILES string of the molecule is C[C@H](NS(=O)(=O)c1ccc2c(c1)CNCC2)c1ccc(C(F)(F)F)cc1. The molecule has 0 amide bonds. The van der Waals surface area contributed by atoms with Crippen molar-refractivity contribution in [1.29, 1.82) is 0 Å². The van der Waals surface area contributed by atoms with Crippen LogP contribution in [0.25, 0.3) is 0 Å². The third-order valence-corrected chi connectivity index (χ3v) is 5.98. The lowest BCUT2D eigenvalue weighted by Gasteiger charge is -2.19. The van der Waals surface area contributed by atoms with Crippen LogP contribution < -0.4 is 10.0 Å². The van der Waals surface area contributed by atoms with E-state index in [2.05, 4.69) is 10.0 Å². The summed E-state index contributed by atoms with van der Waals surface area (Å²) in [5, 5.41) is 3.20. The van der Waals surface area contributed by atoms with Gasteiger partial charge in [-0.2, -0.15) is 13.2 Å². The van der Waals surface area contributed by atoms with Crippen molar-refractivity contribution in [2.45, 2.75) is 37.0 Å². The standard InChI is InChI=1S/C18H19F3N2O2S/c1-12(13-2-5-16(6-3-13)18(19,20)21)23-26(24,25)17-7-4-14-8-9-22-11-15(14)10-17/h2-7,10,12,22-23H,8-9,11H2,1H3/t12-/m0/s1. The number of hydrogen-bond acceptors (Lipinski definition) is 3. The molecule has 1 atom stereocenters. The third-order valence-electron chi connectivity index (χ3n) is 4.44. The highest BCUT2D eigenvalue weighted by molar-refractivity contribution is 7.89. The van der Waals surface area contributed by atoms with Gasteiger partial charge in [0.05, 0.1) is 10.5 Å². The molecule has 4 nitrogen and oxygen atoms in total. The van der Waals surface area contributed by atoms with E-state index in [-0.39, 0.29) is 4.90 Å². The van der Waals surface area contributed by atoms with Crippen LogP contribution in [0.15, 0.2) is 47.4 Å². The number of nitrogens with one attached hydrogen (secondary N) is 2. The largest absolute Gasteiger partial charge is 0.416 e. The van der Waals surface area contributed by atoms with Crippen LogP contribution in [0, 0.1) is 0 Å². The van der Waals surface area contributed by atoms with Crippen LogP contribution in [0.1, 0.15) is 35.2 Å². The van der Waals surface area contributed by atoms with E-state index in [4.69, 9.17) is 0 Å². The zero-order valence-corrected chi connectivity index (χ0v) is 14.9. The maximum absolute atomic E-state index is 12.6. The first kappa shape index (κ1) is 18.9. The normalized spacial score (nSPS) is 16.2. The fraction of sp³-hybridized carbons (Fsp3) is 0.333. The molecule has 0 unspecified atom stereocenters.